The van der Waals surface area contributed by atoms with Gasteiger partial charge in [0.15, 0.2) is 0 Å². The zero-order valence-corrected chi connectivity index (χ0v) is 19.4. The lowest BCUT2D eigenvalue weighted by Gasteiger charge is -2.14. The van der Waals surface area contributed by atoms with Gasteiger partial charge in [-0.25, -0.2) is 0 Å². The minimum Gasteiger partial charge on any atom is -0.489 e. The molecule has 0 aromatic heterocycles. The second-order valence-corrected chi connectivity index (χ2v) is 8.37. The average molecular weight is 438 g/mol. The van der Waals surface area contributed by atoms with Gasteiger partial charge < -0.3 is 14.8 Å². The van der Waals surface area contributed by atoms with E-state index in [2.05, 4.69) is 92.0 Å². The Balaban J connectivity index is 1.34. The lowest BCUT2D eigenvalue weighted by Crippen LogP contribution is -2.14. The van der Waals surface area contributed by atoms with Crippen molar-refractivity contribution in [3.8, 4) is 11.5 Å². The molecule has 4 rings (SSSR count). The molecular weight excluding hydrogens is 406 g/mol. The summed E-state index contributed by atoms with van der Waals surface area (Å²) < 4.78 is 12.3. The Labute approximate surface area is 197 Å². The minimum absolute atomic E-state index is 0.564. The van der Waals surface area contributed by atoms with Gasteiger partial charge in [0.25, 0.3) is 0 Å². The molecule has 33 heavy (non-hydrogen) atoms. The van der Waals surface area contributed by atoms with Crippen LogP contribution in [0.3, 0.4) is 0 Å². The molecule has 0 heterocycles. The van der Waals surface area contributed by atoms with E-state index in [-0.39, 0.29) is 0 Å². The molecule has 1 N–H and O–H groups in total. The van der Waals surface area contributed by atoms with Gasteiger partial charge in [-0.2, -0.15) is 0 Å². The van der Waals surface area contributed by atoms with Crippen LogP contribution in [0.25, 0.3) is 0 Å². The van der Waals surface area contributed by atoms with E-state index in [1.807, 2.05) is 24.3 Å². The molecule has 4 aromatic rings. The van der Waals surface area contributed by atoms with Gasteiger partial charge in [0.2, 0.25) is 0 Å². The molecule has 3 nitrogen and oxygen atoms in total. The molecule has 0 spiro atoms. The first-order chi connectivity index (χ1) is 16.2. The Morgan fingerprint density at radius 2 is 1.00 bits per heavy atom. The Bertz CT molecular complexity index is 1090. The first-order valence-corrected chi connectivity index (χ1v) is 11.4. The zero-order chi connectivity index (χ0) is 22.9. The maximum absolute atomic E-state index is 6.14. The third kappa shape index (κ3) is 6.71. The first-order valence-electron chi connectivity index (χ1n) is 11.4. The van der Waals surface area contributed by atoms with Crippen LogP contribution in [0, 0.1) is 13.8 Å². The summed E-state index contributed by atoms with van der Waals surface area (Å²) in [5, 5.41) is 3.55. The van der Waals surface area contributed by atoms with E-state index in [0.29, 0.717) is 13.2 Å². The molecule has 0 aliphatic rings. The van der Waals surface area contributed by atoms with Crippen LogP contribution in [0.4, 0.5) is 0 Å². The number of ether oxygens (including phenoxy) is 2. The smallest absolute Gasteiger partial charge is 0.124 e. The summed E-state index contributed by atoms with van der Waals surface area (Å²) in [4.78, 5) is 0. The largest absolute Gasteiger partial charge is 0.489 e. The standard InChI is InChI=1S/C30H31NO2/c1-23-9-7-11-25(17-23)21-32-29-15-5-3-13-27(29)19-31-20-28-14-4-6-16-30(28)33-22-26-12-8-10-24(2)18-26/h3-18,31H,19-22H2,1-2H3. The van der Waals surface area contributed by atoms with E-state index in [9.17, 15) is 0 Å². The van der Waals surface area contributed by atoms with E-state index in [1.54, 1.807) is 0 Å². The zero-order valence-electron chi connectivity index (χ0n) is 19.4. The Kier molecular flexibility index (Phi) is 7.78. The fourth-order valence-corrected chi connectivity index (χ4v) is 3.84. The molecule has 168 valence electrons. The van der Waals surface area contributed by atoms with Crippen LogP contribution in [-0.2, 0) is 26.3 Å². The van der Waals surface area contributed by atoms with Crippen LogP contribution in [0.5, 0.6) is 11.5 Å². The summed E-state index contributed by atoms with van der Waals surface area (Å²) in [6, 6.07) is 33.3. The van der Waals surface area contributed by atoms with Crippen molar-refractivity contribution in [2.24, 2.45) is 0 Å². The van der Waals surface area contributed by atoms with Gasteiger partial charge in [-0.15, -0.1) is 0 Å². The molecule has 0 radical (unpaired) electrons. The molecule has 0 amide bonds. The van der Waals surface area contributed by atoms with E-state index in [4.69, 9.17) is 9.47 Å². The van der Waals surface area contributed by atoms with Crippen LogP contribution in [0.2, 0.25) is 0 Å². The Morgan fingerprint density at radius 3 is 1.45 bits per heavy atom. The normalized spacial score (nSPS) is 10.7. The monoisotopic (exact) mass is 437 g/mol. The highest BCUT2D eigenvalue weighted by molar-refractivity contribution is 5.36. The Hall–Kier alpha value is -3.56. The highest BCUT2D eigenvalue weighted by Crippen LogP contribution is 2.22. The number of benzene rings is 4. The summed E-state index contributed by atoms with van der Waals surface area (Å²) in [5.74, 6) is 1.82. The number of aryl methyl sites for hydroxylation is 2. The lowest BCUT2D eigenvalue weighted by atomic mass is 10.1. The van der Waals surface area contributed by atoms with Crippen LogP contribution >= 0.6 is 0 Å². The van der Waals surface area contributed by atoms with Gasteiger partial charge in [-0.1, -0.05) is 96.1 Å². The third-order valence-electron chi connectivity index (χ3n) is 5.53. The van der Waals surface area contributed by atoms with Crippen molar-refractivity contribution < 1.29 is 9.47 Å². The van der Waals surface area contributed by atoms with Gasteiger partial charge in [-0.3, -0.25) is 0 Å². The molecule has 0 saturated heterocycles. The fourth-order valence-electron chi connectivity index (χ4n) is 3.84. The average Bonchev–Trinajstić information content (AvgIpc) is 2.83. The van der Waals surface area contributed by atoms with Gasteiger partial charge in [0, 0.05) is 24.2 Å². The van der Waals surface area contributed by atoms with Crippen molar-refractivity contribution >= 4 is 0 Å². The van der Waals surface area contributed by atoms with Gasteiger partial charge in [-0.05, 0) is 37.1 Å². The number of nitrogens with one attached hydrogen (secondary N) is 1. The van der Waals surface area contributed by atoms with Crippen LogP contribution in [0.15, 0.2) is 97.1 Å². The molecule has 0 bridgehead atoms. The summed E-state index contributed by atoms with van der Waals surface area (Å²) in [6.45, 7) is 6.77. The maximum atomic E-state index is 6.14. The summed E-state index contributed by atoms with van der Waals surface area (Å²) >= 11 is 0. The minimum atomic E-state index is 0.564. The van der Waals surface area contributed by atoms with Crippen LogP contribution in [-0.4, -0.2) is 0 Å². The molecule has 0 aliphatic carbocycles. The van der Waals surface area contributed by atoms with Crippen molar-refractivity contribution in [2.45, 2.75) is 40.2 Å². The number of para-hydroxylation sites is 2. The number of rotatable bonds is 10. The number of hydrogen-bond donors (Lipinski definition) is 1. The van der Waals surface area contributed by atoms with E-state index < -0.39 is 0 Å². The fraction of sp³-hybridized carbons (Fsp3) is 0.200. The van der Waals surface area contributed by atoms with Crippen molar-refractivity contribution in [1.82, 2.24) is 5.32 Å². The van der Waals surface area contributed by atoms with Crippen molar-refractivity contribution in [2.75, 3.05) is 0 Å². The summed E-state index contributed by atoms with van der Waals surface area (Å²) in [5.41, 5.74) is 7.13. The summed E-state index contributed by atoms with van der Waals surface area (Å²) in [7, 11) is 0. The topological polar surface area (TPSA) is 30.5 Å². The maximum Gasteiger partial charge on any atom is 0.124 e. The van der Waals surface area contributed by atoms with Gasteiger partial charge >= 0.3 is 0 Å². The molecule has 0 aliphatic heterocycles. The molecule has 0 saturated carbocycles. The van der Waals surface area contributed by atoms with E-state index in [1.165, 1.54) is 22.3 Å². The second kappa shape index (κ2) is 11.3. The van der Waals surface area contributed by atoms with Crippen molar-refractivity contribution in [3.05, 3.63) is 130 Å². The Morgan fingerprint density at radius 1 is 0.545 bits per heavy atom. The molecule has 3 heteroatoms. The quantitative estimate of drug-likeness (QED) is 0.298. The molecule has 0 fully saturated rings. The molecular formula is C30H31NO2. The lowest BCUT2D eigenvalue weighted by molar-refractivity contribution is 0.300. The molecule has 0 unspecified atom stereocenters. The highest BCUT2D eigenvalue weighted by atomic mass is 16.5. The molecule has 4 aromatic carbocycles. The van der Waals surface area contributed by atoms with Gasteiger partial charge in [0.1, 0.15) is 24.7 Å². The van der Waals surface area contributed by atoms with Crippen molar-refractivity contribution in [1.29, 1.82) is 0 Å². The van der Waals surface area contributed by atoms with Gasteiger partial charge in [0.05, 0.1) is 0 Å². The number of hydrogen-bond acceptors (Lipinski definition) is 3. The van der Waals surface area contributed by atoms with Crippen LogP contribution < -0.4 is 14.8 Å². The first kappa shape index (κ1) is 22.6. The van der Waals surface area contributed by atoms with E-state index >= 15 is 0 Å². The second-order valence-electron chi connectivity index (χ2n) is 8.37. The summed E-state index contributed by atoms with van der Waals surface area (Å²) in [6.07, 6.45) is 0. The predicted octanol–water partition coefficient (Wildman–Crippen LogP) is 6.75. The third-order valence-corrected chi connectivity index (χ3v) is 5.53. The molecule has 0 atom stereocenters. The highest BCUT2D eigenvalue weighted by Gasteiger charge is 2.07. The predicted molar refractivity (Wildman–Crippen MR) is 134 cm³/mol. The van der Waals surface area contributed by atoms with Crippen molar-refractivity contribution in [3.63, 3.8) is 0 Å². The SMILES string of the molecule is Cc1cccc(COc2ccccc2CNCc2ccccc2OCc2cccc(C)c2)c1. The van der Waals surface area contributed by atoms with Crippen LogP contribution in [0.1, 0.15) is 33.4 Å². The van der Waals surface area contributed by atoms with E-state index in [0.717, 1.165) is 35.7 Å².